The van der Waals surface area contributed by atoms with Crippen LogP contribution in [0.1, 0.15) is 36.6 Å². The van der Waals surface area contributed by atoms with E-state index in [1.54, 1.807) is 0 Å². The van der Waals surface area contributed by atoms with Gasteiger partial charge >= 0.3 is 0 Å². The average molecular weight is 412 g/mol. The maximum Gasteiger partial charge on any atom is 0.221 e. The van der Waals surface area contributed by atoms with E-state index in [2.05, 4.69) is 70.9 Å². The third kappa shape index (κ3) is 5.47. The van der Waals surface area contributed by atoms with E-state index < -0.39 is 0 Å². The van der Waals surface area contributed by atoms with Crippen LogP contribution in [0.5, 0.6) is 0 Å². The lowest BCUT2D eigenvalue weighted by Crippen LogP contribution is -2.41. The predicted octanol–water partition coefficient (Wildman–Crippen LogP) is 5.29. The van der Waals surface area contributed by atoms with Crippen molar-refractivity contribution in [1.29, 1.82) is 0 Å². The lowest BCUT2D eigenvalue weighted by molar-refractivity contribution is -0.114. The summed E-state index contributed by atoms with van der Waals surface area (Å²) in [6.07, 6.45) is 8.58. The van der Waals surface area contributed by atoms with Gasteiger partial charge in [-0.05, 0) is 61.3 Å². The lowest BCUT2D eigenvalue weighted by atomic mass is 9.74. The van der Waals surface area contributed by atoms with Gasteiger partial charge in [-0.15, -0.1) is 0 Å². The zero-order chi connectivity index (χ0) is 21.5. The molecule has 0 saturated carbocycles. The number of carbonyl (C=O) groups is 1. The number of carbonyl (C=O) groups excluding carboxylic acids is 1. The topological polar surface area (TPSA) is 45.2 Å². The van der Waals surface area contributed by atoms with Gasteiger partial charge in [-0.25, -0.2) is 0 Å². The number of benzene rings is 2. The highest BCUT2D eigenvalue weighted by molar-refractivity contribution is 5.88. The van der Waals surface area contributed by atoms with Crippen LogP contribution in [-0.4, -0.2) is 28.9 Å². The van der Waals surface area contributed by atoms with Crippen molar-refractivity contribution < 1.29 is 4.79 Å². The number of likely N-dealkylation sites (tertiary alicyclic amines) is 1. The maximum atomic E-state index is 11.2. The predicted molar refractivity (Wildman–Crippen MR) is 127 cm³/mol. The fourth-order valence-electron chi connectivity index (χ4n) is 4.25. The molecular weight excluding hydrogens is 382 g/mol. The molecule has 2 heterocycles. The Kier molecular flexibility index (Phi) is 6.58. The number of rotatable bonds is 6. The second kappa shape index (κ2) is 9.71. The van der Waals surface area contributed by atoms with Gasteiger partial charge in [0.05, 0.1) is 5.69 Å². The van der Waals surface area contributed by atoms with E-state index in [9.17, 15) is 4.79 Å². The summed E-state index contributed by atoms with van der Waals surface area (Å²) < 4.78 is 0. The monoisotopic (exact) mass is 411 g/mol. The zero-order valence-electron chi connectivity index (χ0n) is 18.0. The van der Waals surface area contributed by atoms with Crippen molar-refractivity contribution in [3.05, 3.63) is 102 Å². The van der Waals surface area contributed by atoms with Gasteiger partial charge in [-0.2, -0.15) is 0 Å². The minimum Gasteiger partial charge on any atom is -0.326 e. The Morgan fingerprint density at radius 2 is 1.71 bits per heavy atom. The molecule has 2 aromatic carbocycles. The van der Waals surface area contributed by atoms with Gasteiger partial charge in [-0.3, -0.25) is 14.7 Å². The Morgan fingerprint density at radius 1 is 1.00 bits per heavy atom. The van der Waals surface area contributed by atoms with Crippen LogP contribution in [0.3, 0.4) is 0 Å². The van der Waals surface area contributed by atoms with Crippen LogP contribution in [0.4, 0.5) is 5.69 Å². The molecule has 1 aliphatic heterocycles. The summed E-state index contributed by atoms with van der Waals surface area (Å²) in [6, 6.07) is 24.9. The molecule has 0 bridgehead atoms. The number of anilines is 1. The van der Waals surface area contributed by atoms with Crippen molar-refractivity contribution in [3.63, 3.8) is 0 Å². The SMILES string of the molecule is CC(=O)Nc1ccc(CN2CCC(C=Cc3ccccc3)(c3ccccn3)CC2)cc1. The number of piperidine rings is 1. The molecule has 0 spiro atoms. The number of aromatic nitrogens is 1. The Labute approximate surface area is 184 Å². The molecule has 4 nitrogen and oxygen atoms in total. The number of pyridine rings is 1. The molecule has 1 saturated heterocycles. The quantitative estimate of drug-likeness (QED) is 0.600. The molecule has 1 aliphatic rings. The van der Waals surface area contributed by atoms with Gasteiger partial charge in [0.15, 0.2) is 0 Å². The first-order chi connectivity index (χ1) is 15.1. The molecule has 1 amide bonds. The Bertz CT molecular complexity index is 1010. The van der Waals surface area contributed by atoms with Gasteiger partial charge < -0.3 is 5.32 Å². The Hall–Kier alpha value is -3.24. The zero-order valence-corrected chi connectivity index (χ0v) is 18.0. The summed E-state index contributed by atoms with van der Waals surface area (Å²) in [5.41, 5.74) is 4.44. The molecule has 31 heavy (non-hydrogen) atoms. The van der Waals surface area contributed by atoms with Gasteiger partial charge in [0, 0.05) is 30.8 Å². The molecule has 0 atom stereocenters. The summed E-state index contributed by atoms with van der Waals surface area (Å²) >= 11 is 0. The summed E-state index contributed by atoms with van der Waals surface area (Å²) in [6.45, 7) is 4.48. The average Bonchev–Trinajstić information content (AvgIpc) is 2.81. The summed E-state index contributed by atoms with van der Waals surface area (Å²) in [5, 5.41) is 2.82. The molecule has 4 heteroatoms. The van der Waals surface area contributed by atoms with Crippen molar-refractivity contribution in [3.8, 4) is 0 Å². The van der Waals surface area contributed by atoms with Crippen LogP contribution in [0.15, 0.2) is 85.1 Å². The van der Waals surface area contributed by atoms with Crippen molar-refractivity contribution in [1.82, 2.24) is 9.88 Å². The molecule has 4 rings (SSSR count). The van der Waals surface area contributed by atoms with E-state index in [1.165, 1.54) is 18.1 Å². The van der Waals surface area contributed by atoms with E-state index in [-0.39, 0.29) is 11.3 Å². The first-order valence-corrected chi connectivity index (χ1v) is 10.9. The normalized spacial score (nSPS) is 16.3. The fraction of sp³-hybridized carbons (Fsp3) is 0.259. The molecule has 3 aromatic rings. The standard InChI is InChI=1S/C27H29N3O/c1-22(31)29-25-12-10-24(11-13-25)21-30-19-16-27(17-20-30,26-9-5-6-18-28-26)15-14-23-7-3-2-4-8-23/h2-15,18H,16-17,19-21H2,1H3,(H,29,31). The van der Waals surface area contributed by atoms with E-state index in [1.807, 2.05) is 30.5 Å². The van der Waals surface area contributed by atoms with Crippen molar-refractivity contribution >= 4 is 17.7 Å². The fourth-order valence-corrected chi connectivity index (χ4v) is 4.25. The Morgan fingerprint density at radius 3 is 2.35 bits per heavy atom. The van der Waals surface area contributed by atoms with Crippen LogP contribution in [0, 0.1) is 0 Å². The number of hydrogen-bond donors (Lipinski definition) is 1. The first-order valence-electron chi connectivity index (χ1n) is 10.9. The van der Waals surface area contributed by atoms with E-state index in [4.69, 9.17) is 4.98 Å². The Balaban J connectivity index is 1.46. The number of allylic oxidation sites excluding steroid dienone is 1. The van der Waals surface area contributed by atoms with Gasteiger partial charge in [0.1, 0.15) is 0 Å². The van der Waals surface area contributed by atoms with E-state index in [0.717, 1.165) is 43.9 Å². The summed E-state index contributed by atoms with van der Waals surface area (Å²) in [5.74, 6) is -0.0433. The lowest BCUT2D eigenvalue weighted by Gasteiger charge is -2.40. The molecule has 158 valence electrons. The minimum atomic E-state index is -0.0433. The number of amides is 1. The molecule has 0 radical (unpaired) electrons. The van der Waals surface area contributed by atoms with Crippen LogP contribution in [-0.2, 0) is 16.8 Å². The highest BCUT2D eigenvalue weighted by Gasteiger charge is 2.35. The number of hydrogen-bond acceptors (Lipinski definition) is 3. The summed E-state index contributed by atoms with van der Waals surface area (Å²) in [4.78, 5) is 18.4. The van der Waals surface area contributed by atoms with Crippen LogP contribution >= 0.6 is 0 Å². The second-order valence-corrected chi connectivity index (χ2v) is 8.27. The third-order valence-corrected chi connectivity index (χ3v) is 6.00. The maximum absolute atomic E-state index is 11.2. The van der Waals surface area contributed by atoms with Crippen molar-refractivity contribution in [2.24, 2.45) is 0 Å². The molecular formula is C27H29N3O. The number of nitrogens with zero attached hydrogens (tertiary/aromatic N) is 2. The number of nitrogens with one attached hydrogen (secondary N) is 1. The van der Waals surface area contributed by atoms with Crippen LogP contribution in [0.2, 0.25) is 0 Å². The molecule has 0 aliphatic carbocycles. The largest absolute Gasteiger partial charge is 0.326 e. The van der Waals surface area contributed by atoms with Crippen molar-refractivity contribution in [2.75, 3.05) is 18.4 Å². The smallest absolute Gasteiger partial charge is 0.221 e. The third-order valence-electron chi connectivity index (χ3n) is 6.00. The summed E-state index contributed by atoms with van der Waals surface area (Å²) in [7, 11) is 0. The van der Waals surface area contributed by atoms with Gasteiger partial charge in [0.25, 0.3) is 0 Å². The van der Waals surface area contributed by atoms with Crippen LogP contribution in [0.25, 0.3) is 6.08 Å². The minimum absolute atomic E-state index is 0.0388. The second-order valence-electron chi connectivity index (χ2n) is 8.27. The van der Waals surface area contributed by atoms with Gasteiger partial charge in [-0.1, -0.05) is 60.7 Å². The van der Waals surface area contributed by atoms with Gasteiger partial charge in [0.2, 0.25) is 5.91 Å². The van der Waals surface area contributed by atoms with E-state index in [0.29, 0.717) is 0 Å². The molecule has 0 unspecified atom stereocenters. The first kappa shape index (κ1) is 21.0. The highest BCUT2D eigenvalue weighted by atomic mass is 16.1. The van der Waals surface area contributed by atoms with Crippen molar-refractivity contribution in [2.45, 2.75) is 31.7 Å². The van der Waals surface area contributed by atoms with Crippen LogP contribution < -0.4 is 5.32 Å². The highest BCUT2D eigenvalue weighted by Crippen LogP contribution is 2.37. The molecule has 1 aromatic heterocycles. The molecule has 1 N–H and O–H groups in total. The van der Waals surface area contributed by atoms with E-state index >= 15 is 0 Å². The molecule has 1 fully saturated rings.